The normalized spacial score (nSPS) is 16.0. The van der Waals surface area contributed by atoms with E-state index in [0.29, 0.717) is 30.4 Å². The third-order valence-corrected chi connectivity index (χ3v) is 4.73. The first kappa shape index (κ1) is 21.0. The van der Waals surface area contributed by atoms with Gasteiger partial charge < -0.3 is 25.6 Å². The zero-order chi connectivity index (χ0) is 19.5. The number of carbonyl (C=O) groups excluding carboxylic acids is 1. The number of likely N-dealkylation sites (tertiary alicyclic amines) is 1. The molecule has 7 heteroatoms. The Morgan fingerprint density at radius 3 is 2.67 bits per heavy atom. The predicted octanol–water partition coefficient (Wildman–Crippen LogP) is 1.46. The molecule has 0 unspecified atom stereocenters. The number of piperidine rings is 1. The lowest BCUT2D eigenvalue weighted by Gasteiger charge is -2.32. The van der Waals surface area contributed by atoms with Crippen molar-refractivity contribution >= 4 is 11.9 Å². The minimum atomic E-state index is -0.109. The van der Waals surface area contributed by atoms with Crippen molar-refractivity contribution in [2.45, 2.75) is 32.2 Å². The minimum absolute atomic E-state index is 0.109. The summed E-state index contributed by atoms with van der Waals surface area (Å²) < 4.78 is 5.15. The van der Waals surface area contributed by atoms with Crippen molar-refractivity contribution < 1.29 is 9.53 Å². The van der Waals surface area contributed by atoms with E-state index in [1.807, 2.05) is 12.1 Å². The summed E-state index contributed by atoms with van der Waals surface area (Å²) in [5, 5.41) is 9.66. The maximum absolute atomic E-state index is 12.2. The van der Waals surface area contributed by atoms with Crippen LogP contribution in [0.2, 0.25) is 0 Å². The molecular weight excluding hydrogens is 342 g/mol. The van der Waals surface area contributed by atoms with E-state index < -0.39 is 0 Å². The first-order valence-electron chi connectivity index (χ1n) is 9.78. The largest absolute Gasteiger partial charge is 0.497 e. The Morgan fingerprint density at radius 1 is 1.26 bits per heavy atom. The Balaban J connectivity index is 1.67. The average Bonchev–Trinajstić information content (AvgIpc) is 2.71. The number of amides is 1. The molecule has 1 fully saturated rings. The fourth-order valence-corrected chi connectivity index (χ4v) is 3.23. The number of nitrogens with one attached hydrogen (secondary N) is 3. The maximum Gasteiger partial charge on any atom is 0.251 e. The predicted molar refractivity (Wildman–Crippen MR) is 110 cm³/mol. The van der Waals surface area contributed by atoms with Crippen molar-refractivity contribution in [2.75, 3.05) is 46.9 Å². The van der Waals surface area contributed by atoms with Gasteiger partial charge in [-0.2, -0.15) is 0 Å². The molecular formula is C20H33N5O2. The zero-order valence-electron chi connectivity index (χ0n) is 16.8. The van der Waals surface area contributed by atoms with Crippen molar-refractivity contribution in [1.82, 2.24) is 20.9 Å². The molecule has 0 bridgehead atoms. The van der Waals surface area contributed by atoms with E-state index in [1.54, 1.807) is 26.3 Å². The molecule has 1 amide bonds. The van der Waals surface area contributed by atoms with Crippen LogP contribution in [0.25, 0.3) is 0 Å². The molecule has 1 saturated heterocycles. The Kier molecular flexibility index (Phi) is 8.91. The van der Waals surface area contributed by atoms with E-state index in [4.69, 9.17) is 4.74 Å². The fraction of sp³-hybridized carbons (Fsp3) is 0.600. The maximum atomic E-state index is 12.2. The molecule has 0 aliphatic carbocycles. The van der Waals surface area contributed by atoms with Gasteiger partial charge in [0.25, 0.3) is 5.91 Å². The van der Waals surface area contributed by atoms with Gasteiger partial charge in [0, 0.05) is 44.8 Å². The number of rotatable bonds is 8. The van der Waals surface area contributed by atoms with Gasteiger partial charge >= 0.3 is 0 Å². The molecule has 0 saturated carbocycles. The van der Waals surface area contributed by atoms with E-state index in [9.17, 15) is 4.79 Å². The number of methoxy groups -OCH3 is 1. The molecule has 1 aromatic rings. The van der Waals surface area contributed by atoms with Gasteiger partial charge in [0.15, 0.2) is 5.96 Å². The summed E-state index contributed by atoms with van der Waals surface area (Å²) in [7, 11) is 3.36. The Bertz CT molecular complexity index is 612. The summed E-state index contributed by atoms with van der Waals surface area (Å²) in [5.41, 5.74) is 0.593. The van der Waals surface area contributed by atoms with Gasteiger partial charge in [-0.25, -0.2) is 0 Å². The van der Waals surface area contributed by atoms with Crippen LogP contribution in [-0.4, -0.2) is 69.7 Å². The second-order valence-corrected chi connectivity index (χ2v) is 6.75. The highest BCUT2D eigenvalue weighted by Crippen LogP contribution is 2.12. The molecule has 1 heterocycles. The van der Waals surface area contributed by atoms with E-state index in [-0.39, 0.29) is 5.91 Å². The molecule has 1 aliphatic rings. The van der Waals surface area contributed by atoms with Crippen LogP contribution in [0.5, 0.6) is 5.75 Å². The average molecular weight is 376 g/mol. The number of hydrogen-bond acceptors (Lipinski definition) is 4. The van der Waals surface area contributed by atoms with Crippen LogP contribution in [0.15, 0.2) is 29.3 Å². The Morgan fingerprint density at radius 2 is 2.00 bits per heavy atom. The molecule has 1 aliphatic heterocycles. The second-order valence-electron chi connectivity index (χ2n) is 6.75. The first-order chi connectivity index (χ1) is 13.2. The molecule has 2 rings (SSSR count). The third kappa shape index (κ3) is 7.09. The van der Waals surface area contributed by atoms with Crippen LogP contribution in [0.4, 0.5) is 0 Å². The minimum Gasteiger partial charge on any atom is -0.497 e. The van der Waals surface area contributed by atoms with Crippen LogP contribution in [0, 0.1) is 0 Å². The van der Waals surface area contributed by atoms with Crippen molar-refractivity contribution in [1.29, 1.82) is 0 Å². The van der Waals surface area contributed by atoms with Gasteiger partial charge in [-0.3, -0.25) is 9.79 Å². The SMILES string of the molecule is CCCN1CCC(NC(=NC)NCCNC(=O)c2cccc(OC)c2)CC1. The lowest BCUT2D eigenvalue weighted by atomic mass is 10.1. The smallest absolute Gasteiger partial charge is 0.251 e. The molecule has 7 nitrogen and oxygen atoms in total. The van der Waals surface area contributed by atoms with Gasteiger partial charge in [-0.05, 0) is 44.0 Å². The molecule has 1 aromatic carbocycles. The van der Waals surface area contributed by atoms with Crippen molar-refractivity contribution in [3.8, 4) is 5.75 Å². The fourth-order valence-electron chi connectivity index (χ4n) is 3.23. The van der Waals surface area contributed by atoms with Crippen LogP contribution in [0.1, 0.15) is 36.5 Å². The van der Waals surface area contributed by atoms with Crippen LogP contribution in [0.3, 0.4) is 0 Å². The quantitative estimate of drug-likeness (QED) is 0.364. The van der Waals surface area contributed by atoms with Gasteiger partial charge in [0.1, 0.15) is 5.75 Å². The van der Waals surface area contributed by atoms with Crippen LogP contribution < -0.4 is 20.7 Å². The van der Waals surface area contributed by atoms with Crippen molar-refractivity contribution in [3.05, 3.63) is 29.8 Å². The van der Waals surface area contributed by atoms with Crippen LogP contribution >= 0.6 is 0 Å². The van der Waals surface area contributed by atoms with Gasteiger partial charge in [-0.1, -0.05) is 13.0 Å². The molecule has 0 aromatic heterocycles. The number of ether oxygens (including phenoxy) is 1. The van der Waals surface area contributed by atoms with Crippen molar-refractivity contribution in [3.63, 3.8) is 0 Å². The van der Waals surface area contributed by atoms with E-state index >= 15 is 0 Å². The van der Waals surface area contributed by atoms with E-state index in [2.05, 4.69) is 32.8 Å². The van der Waals surface area contributed by atoms with Gasteiger partial charge in [-0.15, -0.1) is 0 Å². The van der Waals surface area contributed by atoms with Crippen molar-refractivity contribution in [2.24, 2.45) is 4.99 Å². The standard InChI is InChI=1S/C20H33N5O2/c1-4-12-25-13-8-17(9-14-25)24-20(21-2)23-11-10-22-19(26)16-6-5-7-18(15-16)27-3/h5-7,15,17H,4,8-14H2,1-3H3,(H,22,26)(H2,21,23,24). The Hall–Kier alpha value is -2.28. The molecule has 0 atom stereocenters. The number of hydrogen-bond donors (Lipinski definition) is 3. The van der Waals surface area contributed by atoms with E-state index in [1.165, 1.54) is 13.0 Å². The number of nitrogens with zero attached hydrogens (tertiary/aromatic N) is 2. The molecule has 0 spiro atoms. The monoisotopic (exact) mass is 375 g/mol. The van der Waals surface area contributed by atoms with E-state index in [0.717, 1.165) is 31.9 Å². The number of carbonyl (C=O) groups is 1. The summed E-state index contributed by atoms with van der Waals surface area (Å²) in [6.45, 7) is 6.82. The Labute approximate surface area is 162 Å². The second kappa shape index (κ2) is 11.4. The van der Waals surface area contributed by atoms with Crippen LogP contribution in [-0.2, 0) is 0 Å². The third-order valence-electron chi connectivity index (χ3n) is 4.73. The highest BCUT2D eigenvalue weighted by atomic mass is 16.5. The van der Waals surface area contributed by atoms with Gasteiger partial charge in [0.2, 0.25) is 0 Å². The highest BCUT2D eigenvalue weighted by Gasteiger charge is 2.19. The highest BCUT2D eigenvalue weighted by molar-refractivity contribution is 5.94. The first-order valence-corrected chi connectivity index (χ1v) is 9.78. The van der Waals surface area contributed by atoms with Gasteiger partial charge in [0.05, 0.1) is 7.11 Å². The molecule has 0 radical (unpaired) electrons. The topological polar surface area (TPSA) is 78.0 Å². The summed E-state index contributed by atoms with van der Waals surface area (Å²) in [5.74, 6) is 1.36. The molecule has 150 valence electrons. The number of benzene rings is 1. The number of aliphatic imine (C=N–C) groups is 1. The lowest BCUT2D eigenvalue weighted by Crippen LogP contribution is -2.49. The summed E-state index contributed by atoms with van der Waals surface area (Å²) >= 11 is 0. The number of guanidine groups is 1. The summed E-state index contributed by atoms with van der Waals surface area (Å²) in [6.07, 6.45) is 3.48. The summed E-state index contributed by atoms with van der Waals surface area (Å²) in [4.78, 5) is 19.0. The zero-order valence-corrected chi connectivity index (χ0v) is 16.8. The lowest BCUT2D eigenvalue weighted by molar-refractivity contribution is 0.0954. The molecule has 3 N–H and O–H groups in total. The summed E-state index contributed by atoms with van der Waals surface area (Å²) in [6, 6.07) is 7.59. The molecule has 27 heavy (non-hydrogen) atoms.